The second kappa shape index (κ2) is 6.85. The molecular formula is C19H14ClFN4O2. The van der Waals surface area contributed by atoms with Crippen LogP contribution < -0.4 is 10.4 Å². The summed E-state index contributed by atoms with van der Waals surface area (Å²) in [6.45, 7) is 0.124. The van der Waals surface area contributed by atoms with Crippen LogP contribution in [0.1, 0.15) is 5.56 Å². The zero-order chi connectivity index (χ0) is 19.0. The number of fused-ring (bicyclic) bond motifs is 1. The highest BCUT2D eigenvalue weighted by Gasteiger charge is 2.11. The van der Waals surface area contributed by atoms with E-state index in [0.29, 0.717) is 21.9 Å². The molecule has 8 heteroatoms. The number of halogens is 2. The number of methoxy groups -OCH3 is 1. The monoisotopic (exact) mass is 384 g/mol. The van der Waals surface area contributed by atoms with Crippen LogP contribution in [0, 0.1) is 5.82 Å². The first kappa shape index (κ1) is 17.2. The van der Waals surface area contributed by atoms with Gasteiger partial charge >= 0.3 is 5.69 Å². The number of ether oxygens (including phenoxy) is 1. The van der Waals surface area contributed by atoms with Gasteiger partial charge in [0, 0.05) is 10.6 Å². The smallest absolute Gasteiger partial charge is 0.367 e. The number of aromatic nitrogens is 4. The number of rotatable bonds is 4. The molecule has 0 saturated carbocycles. The molecule has 27 heavy (non-hydrogen) atoms. The van der Waals surface area contributed by atoms with Gasteiger partial charge in [0.1, 0.15) is 0 Å². The Morgan fingerprint density at radius 1 is 1.07 bits per heavy atom. The lowest BCUT2D eigenvalue weighted by Gasteiger charge is -2.04. The van der Waals surface area contributed by atoms with E-state index in [1.165, 1.54) is 28.4 Å². The average Bonchev–Trinajstić information content (AvgIpc) is 2.98. The molecule has 0 aliphatic rings. The molecule has 0 bridgehead atoms. The molecule has 0 fully saturated rings. The summed E-state index contributed by atoms with van der Waals surface area (Å²) in [6, 6.07) is 15.2. The van der Waals surface area contributed by atoms with Crippen molar-refractivity contribution in [1.82, 2.24) is 19.4 Å². The maximum absolute atomic E-state index is 13.9. The molecule has 0 aliphatic heterocycles. The largest absolute Gasteiger partial charge is 0.494 e. The van der Waals surface area contributed by atoms with Crippen molar-refractivity contribution in [3.8, 4) is 17.0 Å². The zero-order valence-electron chi connectivity index (χ0n) is 14.3. The van der Waals surface area contributed by atoms with Gasteiger partial charge in [0.05, 0.1) is 19.3 Å². The third-order valence-corrected chi connectivity index (χ3v) is 4.38. The first-order valence-electron chi connectivity index (χ1n) is 8.10. The van der Waals surface area contributed by atoms with Crippen LogP contribution in [0.15, 0.2) is 59.4 Å². The Balaban J connectivity index is 1.71. The summed E-state index contributed by atoms with van der Waals surface area (Å²) in [5.74, 6) is -0.342. The first-order valence-corrected chi connectivity index (χ1v) is 8.48. The van der Waals surface area contributed by atoms with Gasteiger partial charge in [-0.25, -0.2) is 13.9 Å². The van der Waals surface area contributed by atoms with Gasteiger partial charge in [-0.05, 0) is 42.0 Å². The molecule has 2 aromatic carbocycles. The number of benzene rings is 2. The van der Waals surface area contributed by atoms with Crippen molar-refractivity contribution in [2.75, 3.05) is 7.11 Å². The molecular weight excluding hydrogens is 371 g/mol. The molecule has 0 atom stereocenters. The minimum atomic E-state index is -0.491. The van der Waals surface area contributed by atoms with Crippen molar-refractivity contribution in [2.24, 2.45) is 0 Å². The van der Waals surface area contributed by atoms with Crippen LogP contribution in [0.3, 0.4) is 0 Å². The summed E-state index contributed by atoms with van der Waals surface area (Å²) >= 11 is 5.91. The molecule has 0 unspecified atom stereocenters. The Morgan fingerprint density at radius 2 is 1.85 bits per heavy atom. The van der Waals surface area contributed by atoms with Crippen molar-refractivity contribution in [1.29, 1.82) is 0 Å². The van der Waals surface area contributed by atoms with E-state index < -0.39 is 11.5 Å². The average molecular weight is 385 g/mol. The van der Waals surface area contributed by atoms with E-state index >= 15 is 0 Å². The van der Waals surface area contributed by atoms with Crippen LogP contribution in [0.4, 0.5) is 4.39 Å². The van der Waals surface area contributed by atoms with E-state index in [2.05, 4.69) is 10.2 Å². The molecule has 136 valence electrons. The first-order chi connectivity index (χ1) is 13.0. The molecule has 0 aliphatic carbocycles. The van der Waals surface area contributed by atoms with Gasteiger partial charge in [0.15, 0.2) is 17.2 Å². The van der Waals surface area contributed by atoms with Crippen molar-refractivity contribution in [2.45, 2.75) is 6.54 Å². The van der Waals surface area contributed by atoms with Gasteiger partial charge in [-0.1, -0.05) is 29.8 Å². The summed E-state index contributed by atoms with van der Waals surface area (Å²) in [6.07, 6.45) is 0. The van der Waals surface area contributed by atoms with Gasteiger partial charge in [0.25, 0.3) is 0 Å². The van der Waals surface area contributed by atoms with E-state index in [1.54, 1.807) is 30.3 Å². The lowest BCUT2D eigenvalue weighted by atomic mass is 10.1. The molecule has 0 N–H and O–H groups in total. The number of nitrogens with zero attached hydrogens (tertiary/aromatic N) is 4. The Hall–Kier alpha value is -3.19. The van der Waals surface area contributed by atoms with Crippen LogP contribution in [-0.4, -0.2) is 26.5 Å². The fourth-order valence-electron chi connectivity index (χ4n) is 2.77. The Labute approximate surface area is 158 Å². The molecule has 6 nitrogen and oxygen atoms in total. The Kier molecular flexibility index (Phi) is 4.37. The van der Waals surface area contributed by atoms with E-state index in [0.717, 1.165) is 5.56 Å². The summed E-state index contributed by atoms with van der Waals surface area (Å²) in [7, 11) is 1.40. The lowest BCUT2D eigenvalue weighted by molar-refractivity contribution is 0.386. The van der Waals surface area contributed by atoms with Gasteiger partial charge < -0.3 is 4.74 Å². The molecule has 2 heterocycles. The maximum atomic E-state index is 13.9. The summed E-state index contributed by atoms with van der Waals surface area (Å²) in [4.78, 5) is 12.6. The van der Waals surface area contributed by atoms with Crippen LogP contribution in [-0.2, 0) is 6.54 Å². The Morgan fingerprint density at radius 3 is 2.56 bits per heavy atom. The molecule has 4 rings (SSSR count). The second-order valence-electron chi connectivity index (χ2n) is 5.90. The summed E-state index contributed by atoms with van der Waals surface area (Å²) in [5, 5.41) is 9.25. The number of hydrogen-bond acceptors (Lipinski definition) is 4. The molecule has 0 amide bonds. The molecule has 4 aromatic rings. The minimum Gasteiger partial charge on any atom is -0.494 e. The summed E-state index contributed by atoms with van der Waals surface area (Å²) < 4.78 is 21.2. The highest BCUT2D eigenvalue weighted by Crippen LogP contribution is 2.20. The van der Waals surface area contributed by atoms with Gasteiger partial charge in [-0.15, -0.1) is 5.10 Å². The molecule has 0 radical (unpaired) electrons. The van der Waals surface area contributed by atoms with Gasteiger partial charge in [-0.2, -0.15) is 9.61 Å². The molecule has 2 aromatic heterocycles. The van der Waals surface area contributed by atoms with E-state index in [1.807, 2.05) is 12.1 Å². The second-order valence-corrected chi connectivity index (χ2v) is 6.34. The van der Waals surface area contributed by atoms with Crippen molar-refractivity contribution in [3.05, 3.63) is 81.5 Å². The quantitative estimate of drug-likeness (QED) is 0.541. The maximum Gasteiger partial charge on any atom is 0.367 e. The van der Waals surface area contributed by atoms with E-state index in [9.17, 15) is 9.18 Å². The van der Waals surface area contributed by atoms with E-state index in [4.69, 9.17) is 16.3 Å². The minimum absolute atomic E-state index is 0.124. The van der Waals surface area contributed by atoms with Gasteiger partial charge in [-0.3, -0.25) is 0 Å². The number of hydrogen-bond donors (Lipinski definition) is 0. The fourth-order valence-corrected chi connectivity index (χ4v) is 2.89. The van der Waals surface area contributed by atoms with Crippen molar-refractivity contribution >= 4 is 17.2 Å². The molecule has 0 saturated heterocycles. The fraction of sp³-hybridized carbons (Fsp3) is 0.105. The van der Waals surface area contributed by atoms with E-state index in [-0.39, 0.29) is 12.3 Å². The normalized spacial score (nSPS) is 11.1. The predicted octanol–water partition coefficient (Wildman–Crippen LogP) is 3.41. The summed E-state index contributed by atoms with van der Waals surface area (Å²) in [5.41, 5.74) is 2.05. The van der Waals surface area contributed by atoms with Crippen LogP contribution in [0.25, 0.3) is 16.9 Å². The van der Waals surface area contributed by atoms with Crippen LogP contribution in [0.5, 0.6) is 5.75 Å². The van der Waals surface area contributed by atoms with Crippen LogP contribution >= 0.6 is 11.6 Å². The highest BCUT2D eigenvalue weighted by atomic mass is 35.5. The van der Waals surface area contributed by atoms with Crippen molar-refractivity contribution < 1.29 is 9.13 Å². The predicted molar refractivity (Wildman–Crippen MR) is 99.7 cm³/mol. The Bertz CT molecular complexity index is 1180. The van der Waals surface area contributed by atoms with Gasteiger partial charge in [0.2, 0.25) is 0 Å². The van der Waals surface area contributed by atoms with Crippen molar-refractivity contribution in [3.63, 3.8) is 0 Å². The topological polar surface area (TPSA) is 61.4 Å². The third-order valence-electron chi connectivity index (χ3n) is 4.13. The highest BCUT2D eigenvalue weighted by molar-refractivity contribution is 6.30. The van der Waals surface area contributed by atoms with Crippen LogP contribution in [0.2, 0.25) is 5.02 Å². The molecule has 0 spiro atoms. The standard InChI is InChI=1S/C19H14ClFN4O2/c1-27-17-8-2-12(10-15(17)21)11-24-19(26)25-18(23-24)9-7-16(22-25)13-3-5-14(20)6-4-13/h2-10H,11H2,1H3. The SMILES string of the molecule is COc1ccc(Cn2nc3ccc(-c4ccc(Cl)cc4)nn3c2=O)cc1F. The zero-order valence-corrected chi connectivity index (χ0v) is 15.0. The lowest BCUT2D eigenvalue weighted by Crippen LogP contribution is -2.23. The third kappa shape index (κ3) is 3.29.